The number of rotatable bonds is 3. The Morgan fingerprint density at radius 1 is 0.900 bits per heavy atom. The highest BCUT2D eigenvalue weighted by Crippen LogP contribution is 2.42. The van der Waals surface area contributed by atoms with Gasteiger partial charge in [0.05, 0.1) is 23.0 Å². The van der Waals surface area contributed by atoms with Crippen molar-refractivity contribution in [3.05, 3.63) is 110 Å². The van der Waals surface area contributed by atoms with Gasteiger partial charge in [-0.3, -0.25) is 5.01 Å². The van der Waals surface area contributed by atoms with Gasteiger partial charge < -0.3 is 4.42 Å². The number of fused-ring (bicyclic) bond motifs is 1. The van der Waals surface area contributed by atoms with Crippen molar-refractivity contribution in [2.75, 3.05) is 5.01 Å². The first-order chi connectivity index (χ1) is 14.6. The van der Waals surface area contributed by atoms with Gasteiger partial charge in [0.2, 0.25) is 0 Å². The Labute approximate surface area is 183 Å². The molecule has 0 amide bonds. The second-order valence-corrected chi connectivity index (χ2v) is 7.88. The minimum atomic E-state index is -0.411. The van der Waals surface area contributed by atoms with E-state index in [9.17, 15) is 4.79 Å². The van der Waals surface area contributed by atoms with E-state index in [1.807, 2.05) is 77.8 Å². The van der Waals surface area contributed by atoms with Gasteiger partial charge in [0.15, 0.2) is 0 Å². The highest BCUT2D eigenvalue weighted by atomic mass is 35.5. The van der Waals surface area contributed by atoms with Crippen molar-refractivity contribution in [1.29, 1.82) is 0 Å². The molecule has 6 heteroatoms. The van der Waals surface area contributed by atoms with E-state index in [2.05, 4.69) is 0 Å². The molecule has 2 heterocycles. The third-order valence-corrected chi connectivity index (χ3v) is 5.88. The molecule has 4 aromatic rings. The molecule has 1 aliphatic rings. The van der Waals surface area contributed by atoms with Crippen molar-refractivity contribution in [3.63, 3.8) is 0 Å². The first-order valence-corrected chi connectivity index (χ1v) is 10.3. The van der Waals surface area contributed by atoms with E-state index in [0.29, 0.717) is 33.3 Å². The molecule has 0 saturated carbocycles. The smallest absolute Gasteiger partial charge is 0.345 e. The van der Waals surface area contributed by atoms with E-state index >= 15 is 0 Å². The maximum atomic E-state index is 12.7. The first-order valence-electron chi connectivity index (χ1n) is 9.51. The van der Waals surface area contributed by atoms with Crippen LogP contribution in [0.3, 0.4) is 0 Å². The fraction of sp³-hybridized carbons (Fsp3) is 0.0833. The molecule has 0 fully saturated rings. The molecule has 1 aromatic heterocycles. The van der Waals surface area contributed by atoms with Gasteiger partial charge >= 0.3 is 5.63 Å². The van der Waals surface area contributed by atoms with Crippen LogP contribution in [0.4, 0.5) is 5.69 Å². The molecule has 148 valence electrons. The summed E-state index contributed by atoms with van der Waals surface area (Å²) in [6, 6.07) is 24.2. The summed E-state index contributed by atoms with van der Waals surface area (Å²) in [5.41, 5.74) is 2.90. The number of hydrogen-bond donors (Lipinski definition) is 0. The van der Waals surface area contributed by atoms with Gasteiger partial charge in [0, 0.05) is 27.4 Å². The maximum Gasteiger partial charge on any atom is 0.345 e. The van der Waals surface area contributed by atoms with Crippen LogP contribution in [-0.2, 0) is 0 Å². The summed E-state index contributed by atoms with van der Waals surface area (Å²) < 4.78 is 5.53. The maximum absolute atomic E-state index is 12.7. The molecule has 0 aliphatic carbocycles. The number of hydrogen-bond acceptors (Lipinski definition) is 4. The van der Waals surface area contributed by atoms with Crippen LogP contribution in [0.15, 0.2) is 93.2 Å². The van der Waals surface area contributed by atoms with Crippen LogP contribution in [0.2, 0.25) is 10.0 Å². The zero-order valence-corrected chi connectivity index (χ0v) is 17.3. The molecule has 1 atom stereocenters. The third kappa shape index (κ3) is 3.28. The van der Waals surface area contributed by atoms with Gasteiger partial charge in [-0.2, -0.15) is 5.10 Å². The second kappa shape index (κ2) is 7.63. The van der Waals surface area contributed by atoms with Crippen LogP contribution in [0.25, 0.3) is 11.0 Å². The predicted molar refractivity (Wildman–Crippen MR) is 122 cm³/mol. The van der Waals surface area contributed by atoms with Gasteiger partial charge in [0.1, 0.15) is 5.58 Å². The molecule has 0 N–H and O–H groups in total. The van der Waals surface area contributed by atoms with Crippen molar-refractivity contribution >= 4 is 45.6 Å². The topological polar surface area (TPSA) is 45.8 Å². The Bertz CT molecular complexity index is 1310. The fourth-order valence-electron chi connectivity index (χ4n) is 3.81. The van der Waals surface area contributed by atoms with Crippen LogP contribution in [0, 0.1) is 0 Å². The molecule has 0 bridgehead atoms. The average Bonchev–Trinajstić information content (AvgIpc) is 3.18. The lowest BCUT2D eigenvalue weighted by Crippen LogP contribution is -2.19. The Kier molecular flexibility index (Phi) is 4.81. The zero-order chi connectivity index (χ0) is 20.7. The minimum absolute atomic E-state index is 0.241. The summed E-state index contributed by atoms with van der Waals surface area (Å²) in [6.45, 7) is 0. The van der Waals surface area contributed by atoms with Gasteiger partial charge in [0.25, 0.3) is 0 Å². The molecule has 30 heavy (non-hydrogen) atoms. The Morgan fingerprint density at radius 3 is 2.37 bits per heavy atom. The van der Waals surface area contributed by atoms with Crippen molar-refractivity contribution in [2.45, 2.75) is 12.5 Å². The minimum Gasteiger partial charge on any atom is -0.422 e. The Hall–Kier alpha value is -3.08. The van der Waals surface area contributed by atoms with Crippen LogP contribution in [-0.4, -0.2) is 5.71 Å². The SMILES string of the molecule is O=c1oc2ccccc2cc1C1=NN(c2ccccc2)C(c2c(Cl)cccc2Cl)C1. The lowest BCUT2D eigenvalue weighted by molar-refractivity contribution is 0.559. The van der Waals surface area contributed by atoms with Gasteiger partial charge in [-0.15, -0.1) is 0 Å². The number of anilines is 1. The van der Waals surface area contributed by atoms with Crippen LogP contribution >= 0.6 is 23.2 Å². The Morgan fingerprint density at radius 2 is 1.60 bits per heavy atom. The monoisotopic (exact) mass is 434 g/mol. The largest absolute Gasteiger partial charge is 0.422 e. The molecular formula is C24H16Cl2N2O2. The van der Waals surface area contributed by atoms with E-state index in [1.165, 1.54) is 0 Å². The predicted octanol–water partition coefficient (Wildman–Crippen LogP) is 6.46. The molecule has 1 aliphatic heterocycles. The van der Waals surface area contributed by atoms with Crippen molar-refractivity contribution in [3.8, 4) is 0 Å². The van der Waals surface area contributed by atoms with E-state index in [0.717, 1.165) is 16.6 Å². The molecule has 0 saturated heterocycles. The molecule has 0 radical (unpaired) electrons. The summed E-state index contributed by atoms with van der Waals surface area (Å²) in [7, 11) is 0. The second-order valence-electron chi connectivity index (χ2n) is 7.07. The quantitative estimate of drug-likeness (QED) is 0.347. The van der Waals surface area contributed by atoms with Crippen LogP contribution in [0.5, 0.6) is 0 Å². The molecule has 0 spiro atoms. The number of hydrazone groups is 1. The lowest BCUT2D eigenvalue weighted by Gasteiger charge is -2.25. The van der Waals surface area contributed by atoms with Gasteiger partial charge in [-0.05, 0) is 36.4 Å². The van der Waals surface area contributed by atoms with Gasteiger partial charge in [-0.1, -0.05) is 65.7 Å². The molecular weight excluding hydrogens is 419 g/mol. The molecule has 1 unspecified atom stereocenters. The Balaban J connectivity index is 1.66. The van der Waals surface area contributed by atoms with Crippen molar-refractivity contribution in [2.24, 2.45) is 5.10 Å². The molecule has 5 rings (SSSR count). The van der Waals surface area contributed by atoms with E-state index in [-0.39, 0.29) is 6.04 Å². The number of para-hydroxylation sites is 2. The van der Waals surface area contributed by atoms with Crippen molar-refractivity contribution < 1.29 is 4.42 Å². The fourth-order valence-corrected chi connectivity index (χ4v) is 4.46. The standard InChI is InChI=1S/C24H16Cl2N2O2/c25-18-10-6-11-19(26)23(18)21-14-20(27-28(21)16-8-2-1-3-9-16)17-13-15-7-4-5-12-22(15)30-24(17)29/h1-13,21H,14H2. The summed E-state index contributed by atoms with van der Waals surface area (Å²) in [6.07, 6.45) is 0.474. The molecule has 3 aromatic carbocycles. The lowest BCUT2D eigenvalue weighted by atomic mass is 9.98. The van der Waals surface area contributed by atoms with E-state index < -0.39 is 5.63 Å². The zero-order valence-electron chi connectivity index (χ0n) is 15.8. The van der Waals surface area contributed by atoms with Crippen LogP contribution in [0.1, 0.15) is 23.6 Å². The number of benzene rings is 3. The molecule has 4 nitrogen and oxygen atoms in total. The first kappa shape index (κ1) is 18.9. The number of nitrogens with zero attached hydrogens (tertiary/aromatic N) is 2. The summed E-state index contributed by atoms with van der Waals surface area (Å²) >= 11 is 13.0. The highest BCUT2D eigenvalue weighted by molar-refractivity contribution is 6.36. The normalized spacial score (nSPS) is 16.1. The average molecular weight is 435 g/mol. The van der Waals surface area contributed by atoms with E-state index in [1.54, 1.807) is 6.07 Å². The summed E-state index contributed by atoms with van der Waals surface area (Å²) in [4.78, 5) is 12.7. The number of halogens is 2. The summed E-state index contributed by atoms with van der Waals surface area (Å²) in [5, 5.41) is 8.66. The van der Waals surface area contributed by atoms with Crippen molar-refractivity contribution in [1.82, 2.24) is 0 Å². The van der Waals surface area contributed by atoms with E-state index in [4.69, 9.17) is 32.7 Å². The highest BCUT2D eigenvalue weighted by Gasteiger charge is 2.34. The van der Waals surface area contributed by atoms with Crippen LogP contribution < -0.4 is 10.6 Å². The van der Waals surface area contributed by atoms with Gasteiger partial charge in [-0.25, -0.2) is 4.79 Å². The third-order valence-electron chi connectivity index (χ3n) is 5.22. The summed E-state index contributed by atoms with van der Waals surface area (Å²) in [5.74, 6) is 0.